The number of nitrogens with two attached hydrogens (primary N) is 1. The standard InChI is InChI=1S/C14H12N2S/c1-10-2-5-12(6-3-10)17-13-7-4-11(9-15)14(16)8-13/h2-8H,16H2,1H3. The second-order valence-electron chi connectivity index (χ2n) is 3.78. The molecule has 0 heterocycles. The molecular weight excluding hydrogens is 228 g/mol. The van der Waals surface area contributed by atoms with Crippen LogP contribution in [0.15, 0.2) is 52.3 Å². The summed E-state index contributed by atoms with van der Waals surface area (Å²) in [7, 11) is 0. The number of nitriles is 1. The first-order valence-corrected chi connectivity index (χ1v) is 6.05. The minimum atomic E-state index is 0.526. The molecule has 17 heavy (non-hydrogen) atoms. The third kappa shape index (κ3) is 2.80. The van der Waals surface area contributed by atoms with Gasteiger partial charge in [-0.25, -0.2) is 0 Å². The van der Waals surface area contributed by atoms with Crippen molar-refractivity contribution in [2.24, 2.45) is 0 Å². The first-order chi connectivity index (χ1) is 8.19. The largest absolute Gasteiger partial charge is 0.398 e. The number of rotatable bonds is 2. The number of hydrogen-bond acceptors (Lipinski definition) is 3. The molecule has 84 valence electrons. The van der Waals surface area contributed by atoms with E-state index in [2.05, 4.69) is 37.3 Å². The maximum absolute atomic E-state index is 8.79. The van der Waals surface area contributed by atoms with Gasteiger partial charge in [0, 0.05) is 9.79 Å². The summed E-state index contributed by atoms with van der Waals surface area (Å²) in [5, 5.41) is 8.79. The van der Waals surface area contributed by atoms with Crippen LogP contribution in [0.25, 0.3) is 0 Å². The molecule has 0 unspecified atom stereocenters. The van der Waals surface area contributed by atoms with E-state index in [9.17, 15) is 0 Å². The zero-order valence-corrected chi connectivity index (χ0v) is 10.3. The molecule has 3 heteroatoms. The maximum atomic E-state index is 8.79. The van der Waals surface area contributed by atoms with Crippen LogP contribution in [0.5, 0.6) is 0 Å². The third-order valence-corrected chi connectivity index (χ3v) is 3.40. The van der Waals surface area contributed by atoms with Gasteiger partial charge in [-0.3, -0.25) is 0 Å². The Labute approximate surface area is 105 Å². The Bertz CT molecular complexity index is 568. The van der Waals surface area contributed by atoms with Gasteiger partial charge in [0.2, 0.25) is 0 Å². The fourth-order valence-corrected chi connectivity index (χ4v) is 2.31. The molecule has 2 rings (SSSR count). The molecule has 0 amide bonds. The lowest BCUT2D eigenvalue weighted by molar-refractivity contribution is 1.36. The van der Waals surface area contributed by atoms with Gasteiger partial charge in [0.05, 0.1) is 11.3 Å². The van der Waals surface area contributed by atoms with Gasteiger partial charge in [-0.2, -0.15) is 5.26 Å². The summed E-state index contributed by atoms with van der Waals surface area (Å²) in [5.41, 5.74) is 8.08. The van der Waals surface area contributed by atoms with Gasteiger partial charge in [-0.15, -0.1) is 0 Å². The van der Waals surface area contributed by atoms with Crippen molar-refractivity contribution in [3.05, 3.63) is 53.6 Å². The molecule has 0 radical (unpaired) electrons. The smallest absolute Gasteiger partial charge is 0.101 e. The van der Waals surface area contributed by atoms with Crippen molar-refractivity contribution in [2.45, 2.75) is 16.7 Å². The zero-order chi connectivity index (χ0) is 12.3. The Hall–Kier alpha value is -1.92. The molecular formula is C14H12N2S. The molecule has 0 saturated heterocycles. The van der Waals surface area contributed by atoms with Crippen molar-refractivity contribution >= 4 is 17.4 Å². The van der Waals surface area contributed by atoms with Crippen LogP contribution in [0.3, 0.4) is 0 Å². The van der Waals surface area contributed by atoms with E-state index in [1.807, 2.05) is 12.1 Å². The van der Waals surface area contributed by atoms with E-state index in [4.69, 9.17) is 11.0 Å². The average molecular weight is 240 g/mol. The van der Waals surface area contributed by atoms with Crippen molar-refractivity contribution in [3.8, 4) is 6.07 Å². The summed E-state index contributed by atoms with van der Waals surface area (Å²) in [5.74, 6) is 0. The summed E-state index contributed by atoms with van der Waals surface area (Å²) in [6.07, 6.45) is 0. The van der Waals surface area contributed by atoms with E-state index in [0.29, 0.717) is 11.3 Å². The van der Waals surface area contributed by atoms with Crippen LogP contribution < -0.4 is 5.73 Å². The van der Waals surface area contributed by atoms with Crippen molar-refractivity contribution in [1.82, 2.24) is 0 Å². The lowest BCUT2D eigenvalue weighted by atomic mass is 10.2. The molecule has 2 aromatic carbocycles. The number of aryl methyl sites for hydroxylation is 1. The molecule has 0 aliphatic heterocycles. The van der Waals surface area contributed by atoms with E-state index in [1.165, 1.54) is 10.5 Å². The number of nitrogen functional groups attached to an aromatic ring is 1. The lowest BCUT2D eigenvalue weighted by Crippen LogP contribution is -1.89. The topological polar surface area (TPSA) is 49.8 Å². The normalized spacial score (nSPS) is 9.88. The Balaban J connectivity index is 2.22. The van der Waals surface area contributed by atoms with Gasteiger partial charge in [-0.05, 0) is 37.3 Å². The highest BCUT2D eigenvalue weighted by Gasteiger charge is 2.01. The van der Waals surface area contributed by atoms with Crippen molar-refractivity contribution in [2.75, 3.05) is 5.73 Å². The SMILES string of the molecule is Cc1ccc(Sc2ccc(C#N)c(N)c2)cc1. The van der Waals surface area contributed by atoms with Gasteiger partial charge in [0.1, 0.15) is 6.07 Å². The zero-order valence-electron chi connectivity index (χ0n) is 9.47. The van der Waals surface area contributed by atoms with Gasteiger partial charge in [0.15, 0.2) is 0 Å². The molecule has 0 bridgehead atoms. The second-order valence-corrected chi connectivity index (χ2v) is 4.92. The quantitative estimate of drug-likeness (QED) is 0.816. The molecule has 0 saturated carbocycles. The van der Waals surface area contributed by atoms with Gasteiger partial charge in [-0.1, -0.05) is 29.5 Å². The molecule has 0 aliphatic rings. The average Bonchev–Trinajstić information content (AvgIpc) is 2.32. The van der Waals surface area contributed by atoms with Crippen LogP contribution in [0, 0.1) is 18.3 Å². The molecule has 2 nitrogen and oxygen atoms in total. The van der Waals surface area contributed by atoms with E-state index < -0.39 is 0 Å². The number of anilines is 1. The molecule has 2 aromatic rings. The summed E-state index contributed by atoms with van der Waals surface area (Å²) in [4.78, 5) is 2.21. The first kappa shape index (κ1) is 11.6. The van der Waals surface area contributed by atoms with Gasteiger partial charge in [0.25, 0.3) is 0 Å². The predicted octanol–water partition coefficient (Wildman–Crippen LogP) is 3.60. The molecule has 0 fully saturated rings. The molecule has 0 spiro atoms. The maximum Gasteiger partial charge on any atom is 0.101 e. The van der Waals surface area contributed by atoms with Crippen molar-refractivity contribution < 1.29 is 0 Å². The van der Waals surface area contributed by atoms with Crippen LogP contribution in [-0.4, -0.2) is 0 Å². The summed E-state index contributed by atoms with van der Waals surface area (Å²) in [6.45, 7) is 2.06. The number of hydrogen-bond donors (Lipinski definition) is 1. The Morgan fingerprint density at radius 2 is 1.71 bits per heavy atom. The van der Waals surface area contributed by atoms with E-state index in [-0.39, 0.29) is 0 Å². The second kappa shape index (κ2) is 4.94. The Morgan fingerprint density at radius 1 is 1.06 bits per heavy atom. The van der Waals surface area contributed by atoms with Gasteiger partial charge < -0.3 is 5.73 Å². The Morgan fingerprint density at radius 3 is 2.29 bits per heavy atom. The minimum absolute atomic E-state index is 0.526. The monoisotopic (exact) mass is 240 g/mol. The van der Waals surface area contributed by atoms with Gasteiger partial charge >= 0.3 is 0 Å². The number of nitrogens with zero attached hydrogens (tertiary/aromatic N) is 1. The van der Waals surface area contributed by atoms with E-state index in [0.717, 1.165) is 4.90 Å². The highest BCUT2D eigenvalue weighted by molar-refractivity contribution is 7.99. The first-order valence-electron chi connectivity index (χ1n) is 5.23. The lowest BCUT2D eigenvalue weighted by Gasteiger charge is -2.04. The summed E-state index contributed by atoms with van der Waals surface area (Å²) >= 11 is 1.64. The summed E-state index contributed by atoms with van der Waals surface area (Å²) < 4.78 is 0. The minimum Gasteiger partial charge on any atom is -0.398 e. The van der Waals surface area contributed by atoms with Crippen LogP contribution in [0.4, 0.5) is 5.69 Å². The van der Waals surface area contributed by atoms with Crippen LogP contribution in [0.1, 0.15) is 11.1 Å². The fraction of sp³-hybridized carbons (Fsp3) is 0.0714. The highest BCUT2D eigenvalue weighted by atomic mass is 32.2. The van der Waals surface area contributed by atoms with E-state index >= 15 is 0 Å². The van der Waals surface area contributed by atoms with Crippen LogP contribution in [-0.2, 0) is 0 Å². The predicted molar refractivity (Wildman–Crippen MR) is 70.9 cm³/mol. The van der Waals surface area contributed by atoms with Crippen molar-refractivity contribution in [1.29, 1.82) is 5.26 Å². The fourth-order valence-electron chi connectivity index (χ4n) is 1.45. The Kier molecular flexibility index (Phi) is 3.36. The van der Waals surface area contributed by atoms with Crippen LogP contribution in [0.2, 0.25) is 0 Å². The highest BCUT2D eigenvalue weighted by Crippen LogP contribution is 2.29. The molecule has 0 atom stereocenters. The van der Waals surface area contributed by atoms with E-state index in [1.54, 1.807) is 17.8 Å². The van der Waals surface area contributed by atoms with Crippen LogP contribution >= 0.6 is 11.8 Å². The third-order valence-electron chi connectivity index (χ3n) is 2.40. The molecule has 0 aromatic heterocycles. The number of benzene rings is 2. The summed E-state index contributed by atoms with van der Waals surface area (Å²) in [6, 6.07) is 15.9. The molecule has 2 N–H and O–H groups in total. The van der Waals surface area contributed by atoms with Crippen molar-refractivity contribution in [3.63, 3.8) is 0 Å². The molecule has 0 aliphatic carbocycles.